The van der Waals surface area contributed by atoms with Crippen LogP contribution in [0.3, 0.4) is 0 Å². The summed E-state index contributed by atoms with van der Waals surface area (Å²) in [6.45, 7) is 5.64. The molecule has 0 aromatic heterocycles. The Morgan fingerprint density at radius 1 is 1.62 bits per heavy atom. The maximum atomic E-state index is 11.1. The SMILES string of the molecule is CCCCOC[C@H]1OCC(=O)[C@@H]1C. The van der Waals surface area contributed by atoms with Crippen molar-refractivity contribution < 1.29 is 14.3 Å². The van der Waals surface area contributed by atoms with E-state index < -0.39 is 0 Å². The largest absolute Gasteiger partial charge is 0.379 e. The second-order valence-electron chi connectivity index (χ2n) is 3.53. The van der Waals surface area contributed by atoms with Crippen LogP contribution in [0.2, 0.25) is 0 Å². The van der Waals surface area contributed by atoms with E-state index in [4.69, 9.17) is 9.47 Å². The molecule has 3 nitrogen and oxygen atoms in total. The number of carbonyl (C=O) groups is 1. The molecule has 0 aromatic carbocycles. The molecule has 0 bridgehead atoms. The summed E-state index contributed by atoms with van der Waals surface area (Å²) in [6.07, 6.45) is 2.21. The van der Waals surface area contributed by atoms with Gasteiger partial charge < -0.3 is 9.47 Å². The number of Topliss-reactive ketones (excluding diaryl/α,β-unsaturated/α-hetero) is 1. The van der Waals surface area contributed by atoms with Crippen LogP contribution in [0.1, 0.15) is 26.7 Å². The van der Waals surface area contributed by atoms with Crippen LogP contribution in [0, 0.1) is 5.92 Å². The maximum Gasteiger partial charge on any atom is 0.163 e. The van der Waals surface area contributed by atoms with E-state index in [0.717, 1.165) is 19.4 Å². The minimum absolute atomic E-state index is 0.00986. The van der Waals surface area contributed by atoms with E-state index in [1.807, 2.05) is 6.92 Å². The Morgan fingerprint density at radius 2 is 2.38 bits per heavy atom. The van der Waals surface area contributed by atoms with Gasteiger partial charge in [0, 0.05) is 12.5 Å². The van der Waals surface area contributed by atoms with E-state index in [-0.39, 0.29) is 24.4 Å². The van der Waals surface area contributed by atoms with Gasteiger partial charge in [-0.2, -0.15) is 0 Å². The summed E-state index contributed by atoms with van der Waals surface area (Å²) in [4.78, 5) is 11.1. The van der Waals surface area contributed by atoms with Gasteiger partial charge in [-0.3, -0.25) is 4.79 Å². The molecule has 76 valence electrons. The van der Waals surface area contributed by atoms with Gasteiger partial charge in [0.25, 0.3) is 0 Å². The van der Waals surface area contributed by atoms with Gasteiger partial charge in [0.2, 0.25) is 0 Å². The number of unbranched alkanes of at least 4 members (excludes halogenated alkanes) is 1. The molecule has 1 heterocycles. The van der Waals surface area contributed by atoms with E-state index in [1.54, 1.807) is 0 Å². The molecule has 1 fully saturated rings. The molecule has 1 rings (SSSR count). The van der Waals surface area contributed by atoms with E-state index in [9.17, 15) is 4.79 Å². The van der Waals surface area contributed by atoms with Crippen molar-refractivity contribution in [3.8, 4) is 0 Å². The van der Waals surface area contributed by atoms with E-state index in [0.29, 0.717) is 6.61 Å². The number of rotatable bonds is 5. The third-order valence-corrected chi connectivity index (χ3v) is 2.43. The summed E-state index contributed by atoms with van der Waals surface area (Å²) in [5, 5.41) is 0. The van der Waals surface area contributed by atoms with Crippen molar-refractivity contribution in [3.05, 3.63) is 0 Å². The first-order chi connectivity index (χ1) is 6.25. The predicted octanol–water partition coefficient (Wildman–Crippen LogP) is 1.41. The van der Waals surface area contributed by atoms with Gasteiger partial charge in [-0.05, 0) is 6.42 Å². The summed E-state index contributed by atoms with van der Waals surface area (Å²) < 4.78 is 10.7. The Labute approximate surface area is 79.4 Å². The van der Waals surface area contributed by atoms with Crippen molar-refractivity contribution in [1.82, 2.24) is 0 Å². The number of ether oxygens (including phenoxy) is 2. The fourth-order valence-corrected chi connectivity index (χ4v) is 1.31. The van der Waals surface area contributed by atoms with Crippen molar-refractivity contribution in [2.24, 2.45) is 5.92 Å². The lowest BCUT2D eigenvalue weighted by molar-refractivity contribution is -0.120. The standard InChI is InChI=1S/C10H18O3/c1-3-4-5-12-7-10-8(2)9(11)6-13-10/h8,10H,3-7H2,1-2H3/t8-,10+/m0/s1. The fourth-order valence-electron chi connectivity index (χ4n) is 1.31. The molecule has 0 unspecified atom stereocenters. The second-order valence-corrected chi connectivity index (χ2v) is 3.53. The van der Waals surface area contributed by atoms with Gasteiger partial charge in [0.1, 0.15) is 6.61 Å². The first kappa shape index (κ1) is 10.7. The predicted molar refractivity (Wildman–Crippen MR) is 49.6 cm³/mol. The highest BCUT2D eigenvalue weighted by Crippen LogP contribution is 2.17. The Bertz CT molecular complexity index is 168. The molecule has 0 aromatic rings. The van der Waals surface area contributed by atoms with Gasteiger partial charge in [0.15, 0.2) is 5.78 Å². The third-order valence-electron chi connectivity index (χ3n) is 2.43. The Hall–Kier alpha value is -0.410. The monoisotopic (exact) mass is 186 g/mol. The average molecular weight is 186 g/mol. The highest BCUT2D eigenvalue weighted by atomic mass is 16.5. The molecule has 0 saturated carbocycles. The average Bonchev–Trinajstić information content (AvgIpc) is 2.43. The van der Waals surface area contributed by atoms with Gasteiger partial charge >= 0.3 is 0 Å². The first-order valence-electron chi connectivity index (χ1n) is 4.97. The smallest absolute Gasteiger partial charge is 0.163 e. The molecule has 0 N–H and O–H groups in total. The minimum atomic E-state index is -0.00986. The summed E-state index contributed by atoms with van der Waals surface area (Å²) >= 11 is 0. The normalized spacial score (nSPS) is 28.3. The lowest BCUT2D eigenvalue weighted by Crippen LogP contribution is -2.23. The van der Waals surface area contributed by atoms with Crippen molar-refractivity contribution in [2.75, 3.05) is 19.8 Å². The maximum absolute atomic E-state index is 11.1. The first-order valence-corrected chi connectivity index (χ1v) is 4.97. The lowest BCUT2D eigenvalue weighted by atomic mass is 10.0. The van der Waals surface area contributed by atoms with Crippen LogP contribution in [-0.2, 0) is 14.3 Å². The van der Waals surface area contributed by atoms with Crippen LogP contribution < -0.4 is 0 Å². The van der Waals surface area contributed by atoms with Crippen LogP contribution in [-0.4, -0.2) is 31.7 Å². The number of ketones is 1. The summed E-state index contributed by atoms with van der Waals surface area (Å²) in [5.74, 6) is 0.214. The number of carbonyl (C=O) groups excluding carboxylic acids is 1. The molecule has 1 aliphatic heterocycles. The highest BCUT2D eigenvalue weighted by Gasteiger charge is 2.31. The van der Waals surface area contributed by atoms with Crippen LogP contribution in [0.15, 0.2) is 0 Å². The Morgan fingerprint density at radius 3 is 2.92 bits per heavy atom. The summed E-state index contributed by atoms with van der Waals surface area (Å²) in [5.41, 5.74) is 0. The molecular formula is C10H18O3. The zero-order valence-corrected chi connectivity index (χ0v) is 8.41. The van der Waals surface area contributed by atoms with E-state index >= 15 is 0 Å². The van der Waals surface area contributed by atoms with Crippen molar-refractivity contribution >= 4 is 5.78 Å². The fraction of sp³-hybridized carbons (Fsp3) is 0.900. The van der Waals surface area contributed by atoms with Crippen molar-refractivity contribution in [2.45, 2.75) is 32.8 Å². The third kappa shape index (κ3) is 3.08. The van der Waals surface area contributed by atoms with Crippen LogP contribution in [0.4, 0.5) is 0 Å². The molecule has 2 atom stereocenters. The molecule has 0 amide bonds. The molecule has 1 aliphatic rings. The van der Waals surface area contributed by atoms with Crippen LogP contribution >= 0.6 is 0 Å². The Balaban J connectivity index is 2.11. The lowest BCUT2D eigenvalue weighted by Gasteiger charge is -2.13. The van der Waals surface area contributed by atoms with Crippen LogP contribution in [0.25, 0.3) is 0 Å². The van der Waals surface area contributed by atoms with E-state index in [1.165, 1.54) is 0 Å². The highest BCUT2D eigenvalue weighted by molar-refractivity contribution is 5.84. The Kier molecular flexibility index (Phi) is 4.39. The molecule has 0 aliphatic carbocycles. The van der Waals surface area contributed by atoms with Gasteiger partial charge in [0.05, 0.1) is 12.7 Å². The second kappa shape index (κ2) is 5.35. The molecule has 1 saturated heterocycles. The van der Waals surface area contributed by atoms with Gasteiger partial charge in [-0.1, -0.05) is 20.3 Å². The summed E-state index contributed by atoms with van der Waals surface area (Å²) in [7, 11) is 0. The van der Waals surface area contributed by atoms with Gasteiger partial charge in [-0.25, -0.2) is 0 Å². The van der Waals surface area contributed by atoms with Crippen LogP contribution in [0.5, 0.6) is 0 Å². The molecular weight excluding hydrogens is 168 g/mol. The quantitative estimate of drug-likeness (QED) is 0.609. The molecule has 3 heteroatoms. The number of hydrogen-bond donors (Lipinski definition) is 0. The molecule has 0 radical (unpaired) electrons. The minimum Gasteiger partial charge on any atom is -0.379 e. The molecule has 13 heavy (non-hydrogen) atoms. The molecule has 0 spiro atoms. The van der Waals surface area contributed by atoms with Crippen molar-refractivity contribution in [3.63, 3.8) is 0 Å². The zero-order valence-electron chi connectivity index (χ0n) is 8.41. The van der Waals surface area contributed by atoms with Gasteiger partial charge in [-0.15, -0.1) is 0 Å². The zero-order chi connectivity index (χ0) is 9.68. The van der Waals surface area contributed by atoms with Crippen molar-refractivity contribution in [1.29, 1.82) is 0 Å². The topological polar surface area (TPSA) is 35.5 Å². The number of hydrogen-bond acceptors (Lipinski definition) is 3. The van der Waals surface area contributed by atoms with E-state index in [2.05, 4.69) is 6.92 Å². The summed E-state index contributed by atoms with van der Waals surface area (Å²) in [6, 6.07) is 0.